The average Bonchev–Trinajstić information content (AvgIpc) is 2.34. The largest absolute Gasteiger partial charge is 0.388 e. The Balaban J connectivity index is 2.28. The summed E-state index contributed by atoms with van der Waals surface area (Å²) >= 11 is 0. The Labute approximate surface area is 115 Å². The van der Waals surface area contributed by atoms with Gasteiger partial charge in [0.2, 0.25) is 5.91 Å². The molecule has 0 radical (unpaired) electrons. The van der Waals surface area contributed by atoms with Gasteiger partial charge in [-0.1, -0.05) is 19.9 Å². The smallest absolute Gasteiger partial charge is 0.220 e. The van der Waals surface area contributed by atoms with Gasteiger partial charge in [-0.25, -0.2) is 0 Å². The molecule has 1 amide bonds. The second-order valence-electron chi connectivity index (χ2n) is 5.73. The lowest BCUT2D eigenvalue weighted by Crippen LogP contribution is -2.41. The molecule has 1 unspecified atom stereocenters. The maximum absolute atomic E-state index is 11.7. The summed E-state index contributed by atoms with van der Waals surface area (Å²) in [7, 11) is 0. The van der Waals surface area contributed by atoms with Crippen LogP contribution in [0.3, 0.4) is 0 Å². The van der Waals surface area contributed by atoms with Crippen molar-refractivity contribution in [2.75, 3.05) is 6.54 Å². The van der Waals surface area contributed by atoms with Crippen LogP contribution in [0, 0.1) is 5.92 Å². The first kappa shape index (κ1) is 15.6. The quantitative estimate of drug-likeness (QED) is 0.791. The highest BCUT2D eigenvalue weighted by molar-refractivity contribution is 5.76. The van der Waals surface area contributed by atoms with Crippen molar-refractivity contribution in [3.8, 4) is 0 Å². The zero-order valence-corrected chi connectivity index (χ0v) is 12.0. The number of carbonyl (C=O) groups is 1. The lowest BCUT2D eigenvalue weighted by molar-refractivity contribution is -0.122. The molecular weight excluding hydrogens is 240 g/mol. The van der Waals surface area contributed by atoms with Gasteiger partial charge in [-0.05, 0) is 37.3 Å². The van der Waals surface area contributed by atoms with E-state index in [1.165, 1.54) is 0 Å². The van der Waals surface area contributed by atoms with Crippen molar-refractivity contribution in [3.05, 3.63) is 30.1 Å². The maximum atomic E-state index is 11.7. The second kappa shape index (κ2) is 7.24. The summed E-state index contributed by atoms with van der Waals surface area (Å²) in [5, 5.41) is 12.9. The van der Waals surface area contributed by atoms with Crippen molar-refractivity contribution in [2.24, 2.45) is 5.92 Å². The molecule has 1 rings (SSSR count). The van der Waals surface area contributed by atoms with Crippen molar-refractivity contribution in [2.45, 2.75) is 45.6 Å². The van der Waals surface area contributed by atoms with Crippen LogP contribution in [0.15, 0.2) is 24.5 Å². The van der Waals surface area contributed by atoms with Crippen LogP contribution in [0.5, 0.6) is 0 Å². The number of hydrogen-bond acceptors (Lipinski definition) is 3. The Morgan fingerprint density at radius 3 is 2.84 bits per heavy atom. The van der Waals surface area contributed by atoms with Gasteiger partial charge in [0.05, 0.1) is 5.60 Å². The first-order valence-electron chi connectivity index (χ1n) is 6.77. The minimum absolute atomic E-state index is 0.0344. The summed E-state index contributed by atoms with van der Waals surface area (Å²) in [6.45, 7) is 6.17. The summed E-state index contributed by atoms with van der Waals surface area (Å²) in [6.07, 6.45) is 5.25. The van der Waals surface area contributed by atoms with Gasteiger partial charge >= 0.3 is 0 Å². The fourth-order valence-electron chi connectivity index (χ4n) is 2.13. The fraction of sp³-hybridized carbons (Fsp3) is 0.600. The minimum atomic E-state index is -0.835. The van der Waals surface area contributed by atoms with E-state index in [0.29, 0.717) is 31.7 Å². The third kappa shape index (κ3) is 6.91. The van der Waals surface area contributed by atoms with Crippen LogP contribution < -0.4 is 5.32 Å². The maximum Gasteiger partial charge on any atom is 0.220 e. The van der Waals surface area contributed by atoms with Crippen molar-refractivity contribution in [1.82, 2.24) is 10.3 Å². The lowest BCUT2D eigenvalue weighted by Gasteiger charge is -2.25. The van der Waals surface area contributed by atoms with Crippen molar-refractivity contribution in [3.63, 3.8) is 0 Å². The highest BCUT2D eigenvalue weighted by Gasteiger charge is 2.22. The van der Waals surface area contributed by atoms with E-state index in [1.54, 1.807) is 19.3 Å². The van der Waals surface area contributed by atoms with E-state index >= 15 is 0 Å². The van der Waals surface area contributed by atoms with Crippen LogP contribution >= 0.6 is 0 Å². The Bertz CT molecular complexity index is 388. The molecule has 0 bridgehead atoms. The number of hydrogen-bond donors (Lipinski definition) is 2. The Morgan fingerprint density at radius 2 is 2.26 bits per heavy atom. The number of pyridine rings is 1. The molecule has 1 heterocycles. The molecule has 0 fully saturated rings. The van der Waals surface area contributed by atoms with E-state index in [2.05, 4.69) is 24.1 Å². The van der Waals surface area contributed by atoms with Crippen LogP contribution in [-0.2, 0) is 11.2 Å². The van der Waals surface area contributed by atoms with Crippen LogP contribution in [0.1, 0.15) is 39.2 Å². The summed E-state index contributed by atoms with van der Waals surface area (Å²) in [6, 6.07) is 3.82. The summed E-state index contributed by atoms with van der Waals surface area (Å²) in [4.78, 5) is 15.7. The monoisotopic (exact) mass is 264 g/mol. The molecule has 106 valence electrons. The van der Waals surface area contributed by atoms with E-state index in [1.807, 2.05) is 12.1 Å². The molecule has 1 aromatic heterocycles. The molecule has 1 aromatic rings. The highest BCUT2D eigenvalue weighted by atomic mass is 16.3. The van der Waals surface area contributed by atoms with E-state index in [-0.39, 0.29) is 5.91 Å². The zero-order valence-electron chi connectivity index (χ0n) is 12.0. The van der Waals surface area contributed by atoms with E-state index < -0.39 is 5.60 Å². The molecule has 0 aliphatic rings. The molecule has 0 aliphatic carbocycles. The number of carbonyl (C=O) groups excluding carboxylic acids is 1. The zero-order chi connectivity index (χ0) is 14.3. The predicted octanol–water partition coefficient (Wildman–Crippen LogP) is 1.93. The molecule has 1 atom stereocenters. The lowest BCUT2D eigenvalue weighted by atomic mass is 9.94. The summed E-state index contributed by atoms with van der Waals surface area (Å²) in [5.41, 5.74) is 0.213. The Hall–Kier alpha value is -1.42. The van der Waals surface area contributed by atoms with E-state index in [4.69, 9.17) is 0 Å². The van der Waals surface area contributed by atoms with Crippen LogP contribution in [0.2, 0.25) is 0 Å². The molecule has 0 spiro atoms. The highest BCUT2D eigenvalue weighted by Crippen LogP contribution is 2.15. The van der Waals surface area contributed by atoms with Gasteiger partial charge in [0.25, 0.3) is 0 Å². The number of nitrogens with zero attached hydrogens (tertiary/aromatic N) is 1. The number of rotatable bonds is 7. The molecular formula is C15H24N2O2. The number of aryl methyl sites for hydroxylation is 1. The van der Waals surface area contributed by atoms with E-state index in [9.17, 15) is 9.90 Å². The first-order chi connectivity index (χ1) is 8.89. The van der Waals surface area contributed by atoms with Crippen molar-refractivity contribution in [1.29, 1.82) is 0 Å². The van der Waals surface area contributed by atoms with Crippen LogP contribution in [0.25, 0.3) is 0 Å². The number of amides is 1. The van der Waals surface area contributed by atoms with Gasteiger partial charge in [-0.3, -0.25) is 9.78 Å². The molecule has 0 aliphatic heterocycles. The molecule has 19 heavy (non-hydrogen) atoms. The van der Waals surface area contributed by atoms with Crippen LogP contribution in [0.4, 0.5) is 0 Å². The van der Waals surface area contributed by atoms with Crippen molar-refractivity contribution >= 4 is 5.91 Å². The molecule has 4 heteroatoms. The normalized spacial score (nSPS) is 14.2. The van der Waals surface area contributed by atoms with Gasteiger partial charge in [0.1, 0.15) is 0 Å². The van der Waals surface area contributed by atoms with Gasteiger partial charge in [-0.15, -0.1) is 0 Å². The SMILES string of the molecule is CC(C)CC(C)(O)CNC(=O)CCc1cccnc1. The summed E-state index contributed by atoms with van der Waals surface area (Å²) < 4.78 is 0. The van der Waals surface area contributed by atoms with Crippen molar-refractivity contribution < 1.29 is 9.90 Å². The molecule has 2 N–H and O–H groups in total. The van der Waals surface area contributed by atoms with Crippen LogP contribution in [-0.4, -0.2) is 28.1 Å². The molecule has 0 saturated carbocycles. The standard InChI is InChI=1S/C15H24N2O2/c1-12(2)9-15(3,19)11-17-14(18)7-6-13-5-4-8-16-10-13/h4-5,8,10,12,19H,6-7,9,11H2,1-3H3,(H,17,18). The predicted molar refractivity (Wildman–Crippen MR) is 75.6 cm³/mol. The second-order valence-corrected chi connectivity index (χ2v) is 5.73. The topological polar surface area (TPSA) is 62.2 Å². The van der Waals surface area contributed by atoms with Gasteiger partial charge in [0, 0.05) is 25.4 Å². The Morgan fingerprint density at radius 1 is 1.53 bits per heavy atom. The third-order valence-electron chi connectivity index (χ3n) is 2.88. The summed E-state index contributed by atoms with van der Waals surface area (Å²) in [5.74, 6) is 0.371. The number of aromatic nitrogens is 1. The van der Waals surface area contributed by atoms with Gasteiger partial charge < -0.3 is 10.4 Å². The molecule has 0 aromatic carbocycles. The average molecular weight is 264 g/mol. The molecule has 0 saturated heterocycles. The van der Waals surface area contributed by atoms with Gasteiger partial charge in [-0.2, -0.15) is 0 Å². The van der Waals surface area contributed by atoms with Gasteiger partial charge in [0.15, 0.2) is 0 Å². The third-order valence-corrected chi connectivity index (χ3v) is 2.88. The number of nitrogens with one attached hydrogen (secondary N) is 1. The fourth-order valence-corrected chi connectivity index (χ4v) is 2.13. The number of aliphatic hydroxyl groups is 1. The minimum Gasteiger partial charge on any atom is -0.388 e. The Kier molecular flexibility index (Phi) is 5.96. The van der Waals surface area contributed by atoms with E-state index in [0.717, 1.165) is 5.56 Å². The first-order valence-corrected chi connectivity index (χ1v) is 6.77. The molecule has 4 nitrogen and oxygen atoms in total.